The normalized spacial score (nSPS) is 21.8. The zero-order valence-corrected chi connectivity index (χ0v) is 14.5. The first kappa shape index (κ1) is 17.9. The molecule has 1 fully saturated rings. The molecule has 0 aliphatic heterocycles. The van der Waals surface area contributed by atoms with Gasteiger partial charge in [-0.25, -0.2) is 5.48 Å². The van der Waals surface area contributed by atoms with Gasteiger partial charge in [0.25, 0.3) is 0 Å². The van der Waals surface area contributed by atoms with Crippen molar-refractivity contribution in [3.63, 3.8) is 0 Å². The Labute approximate surface area is 151 Å². The van der Waals surface area contributed by atoms with E-state index in [9.17, 15) is 9.59 Å². The van der Waals surface area contributed by atoms with Crippen molar-refractivity contribution in [1.29, 1.82) is 0 Å². The Morgan fingerprint density at radius 3 is 2.38 bits per heavy atom. The Bertz CT molecular complexity index is 775. The minimum atomic E-state index is -0.945. The number of hydrogen-bond donors (Lipinski definition) is 2. The third kappa shape index (κ3) is 3.41. The molecule has 0 saturated heterocycles. The molecule has 1 aliphatic carbocycles. The van der Waals surface area contributed by atoms with Crippen LogP contribution in [0.5, 0.6) is 11.5 Å². The molecule has 2 atom stereocenters. The average Bonchev–Trinajstić information content (AvgIpc) is 3.15. The number of hydrogen-bond acceptors (Lipinski definition) is 5. The highest BCUT2D eigenvalue weighted by Gasteiger charge is 2.50. The van der Waals surface area contributed by atoms with Gasteiger partial charge < -0.3 is 9.47 Å². The van der Waals surface area contributed by atoms with Crippen LogP contribution >= 0.6 is 0 Å². The lowest BCUT2D eigenvalue weighted by Crippen LogP contribution is -2.38. The summed E-state index contributed by atoms with van der Waals surface area (Å²) in [5, 5.41) is 8.95. The minimum absolute atomic E-state index is 0.275. The number of amides is 1. The van der Waals surface area contributed by atoms with Crippen LogP contribution in [-0.2, 0) is 15.0 Å². The van der Waals surface area contributed by atoms with Crippen molar-refractivity contribution < 1.29 is 24.3 Å². The van der Waals surface area contributed by atoms with Crippen molar-refractivity contribution in [3.8, 4) is 11.5 Å². The summed E-state index contributed by atoms with van der Waals surface area (Å²) in [7, 11) is 1.58. The third-order valence-electron chi connectivity index (χ3n) is 4.98. The fourth-order valence-corrected chi connectivity index (χ4v) is 3.53. The molecule has 2 N–H and O–H groups in total. The summed E-state index contributed by atoms with van der Waals surface area (Å²) in [6, 6.07) is 16.1. The Hall–Kier alpha value is -2.86. The molecule has 0 bridgehead atoms. The molecule has 136 valence electrons. The average molecular weight is 355 g/mol. The van der Waals surface area contributed by atoms with Gasteiger partial charge in [0.2, 0.25) is 5.91 Å². The van der Waals surface area contributed by atoms with Gasteiger partial charge in [-0.2, -0.15) is 0 Å². The number of methoxy groups -OCH3 is 1. The van der Waals surface area contributed by atoms with E-state index < -0.39 is 23.2 Å². The van der Waals surface area contributed by atoms with E-state index in [0.717, 1.165) is 5.56 Å². The smallest absolute Gasteiger partial charge is 0.321 e. The number of carbonyl (C=O) groups is 2. The first-order valence-electron chi connectivity index (χ1n) is 8.45. The fraction of sp³-hybridized carbons (Fsp3) is 0.300. The second-order valence-corrected chi connectivity index (χ2v) is 6.43. The molecule has 6 nitrogen and oxygen atoms in total. The maximum atomic E-state index is 13.1. The van der Waals surface area contributed by atoms with Crippen molar-refractivity contribution in [2.24, 2.45) is 5.92 Å². The first-order valence-corrected chi connectivity index (χ1v) is 8.45. The second-order valence-electron chi connectivity index (χ2n) is 6.43. The molecule has 1 amide bonds. The highest BCUT2D eigenvalue weighted by molar-refractivity contribution is 5.88. The Morgan fingerprint density at radius 1 is 1.08 bits per heavy atom. The summed E-state index contributed by atoms with van der Waals surface area (Å²) in [4.78, 5) is 25.0. The predicted octanol–water partition coefficient (Wildman–Crippen LogP) is 2.84. The molecular weight excluding hydrogens is 334 g/mol. The van der Waals surface area contributed by atoms with Crippen molar-refractivity contribution in [2.45, 2.75) is 24.7 Å². The topological polar surface area (TPSA) is 84.9 Å². The second kappa shape index (κ2) is 7.58. The van der Waals surface area contributed by atoms with E-state index in [2.05, 4.69) is 0 Å². The van der Waals surface area contributed by atoms with Gasteiger partial charge in [0.15, 0.2) is 0 Å². The number of rotatable bonds is 5. The molecule has 2 aromatic carbocycles. The van der Waals surface area contributed by atoms with Gasteiger partial charge in [0, 0.05) is 5.92 Å². The number of esters is 1. The van der Waals surface area contributed by atoms with Crippen LogP contribution in [-0.4, -0.2) is 24.2 Å². The van der Waals surface area contributed by atoms with E-state index >= 15 is 0 Å². The van der Waals surface area contributed by atoms with Gasteiger partial charge in [-0.05, 0) is 49.1 Å². The zero-order chi connectivity index (χ0) is 18.6. The number of para-hydroxylation sites is 1. The van der Waals surface area contributed by atoms with E-state index in [0.29, 0.717) is 24.3 Å². The number of carbonyl (C=O) groups excluding carboxylic acids is 2. The van der Waals surface area contributed by atoms with Crippen LogP contribution < -0.4 is 15.0 Å². The van der Waals surface area contributed by atoms with Gasteiger partial charge in [0.1, 0.15) is 11.5 Å². The van der Waals surface area contributed by atoms with Crippen LogP contribution in [0.15, 0.2) is 54.6 Å². The molecule has 1 saturated carbocycles. The van der Waals surface area contributed by atoms with Crippen LogP contribution in [0.25, 0.3) is 0 Å². The molecule has 0 spiro atoms. The highest BCUT2D eigenvalue weighted by Crippen LogP contribution is 2.45. The molecule has 6 heteroatoms. The van der Waals surface area contributed by atoms with Gasteiger partial charge in [0.05, 0.1) is 12.5 Å². The quantitative estimate of drug-likeness (QED) is 0.373. The molecule has 3 rings (SSSR count). The van der Waals surface area contributed by atoms with Gasteiger partial charge >= 0.3 is 5.97 Å². The van der Waals surface area contributed by atoms with Crippen LogP contribution in [0.4, 0.5) is 0 Å². The first-order chi connectivity index (χ1) is 12.6. The number of ether oxygens (including phenoxy) is 2. The predicted molar refractivity (Wildman–Crippen MR) is 94.0 cm³/mol. The van der Waals surface area contributed by atoms with E-state index in [-0.39, 0.29) is 6.42 Å². The van der Waals surface area contributed by atoms with Crippen molar-refractivity contribution in [3.05, 3.63) is 60.2 Å². The lowest BCUT2D eigenvalue weighted by molar-refractivity contribution is -0.141. The number of hydroxylamine groups is 1. The highest BCUT2D eigenvalue weighted by atomic mass is 16.5. The molecule has 0 aromatic heterocycles. The van der Waals surface area contributed by atoms with Crippen molar-refractivity contribution >= 4 is 11.9 Å². The number of benzene rings is 2. The number of nitrogens with one attached hydrogen (secondary N) is 1. The van der Waals surface area contributed by atoms with Crippen molar-refractivity contribution in [2.75, 3.05) is 7.11 Å². The van der Waals surface area contributed by atoms with Gasteiger partial charge in [-0.3, -0.25) is 14.8 Å². The molecule has 2 unspecified atom stereocenters. The minimum Gasteiger partial charge on any atom is -0.497 e. The lowest BCUT2D eigenvalue weighted by atomic mass is 9.78. The van der Waals surface area contributed by atoms with Crippen LogP contribution in [0.3, 0.4) is 0 Å². The van der Waals surface area contributed by atoms with E-state index in [1.165, 1.54) is 0 Å². The van der Waals surface area contributed by atoms with Crippen LogP contribution in [0.2, 0.25) is 0 Å². The van der Waals surface area contributed by atoms with E-state index in [1.54, 1.807) is 49.0 Å². The van der Waals surface area contributed by atoms with Crippen LogP contribution in [0.1, 0.15) is 24.8 Å². The molecular formula is C20H21NO5. The third-order valence-corrected chi connectivity index (χ3v) is 4.98. The SMILES string of the molecule is COc1ccc(C2(C(=O)Oc3ccccc3)CCC(C(=O)NO)C2)cc1. The molecule has 26 heavy (non-hydrogen) atoms. The van der Waals surface area contributed by atoms with E-state index in [1.807, 2.05) is 18.2 Å². The van der Waals surface area contributed by atoms with Gasteiger partial charge in [-0.1, -0.05) is 30.3 Å². The van der Waals surface area contributed by atoms with E-state index in [4.69, 9.17) is 14.7 Å². The maximum absolute atomic E-state index is 13.1. The van der Waals surface area contributed by atoms with Gasteiger partial charge in [-0.15, -0.1) is 0 Å². The summed E-state index contributed by atoms with van der Waals surface area (Å²) < 4.78 is 10.8. The molecule has 2 aromatic rings. The Balaban J connectivity index is 1.93. The summed E-state index contributed by atoms with van der Waals surface area (Å²) >= 11 is 0. The summed E-state index contributed by atoms with van der Waals surface area (Å²) in [5.74, 6) is -0.191. The maximum Gasteiger partial charge on any atom is 0.321 e. The fourth-order valence-electron chi connectivity index (χ4n) is 3.53. The Morgan fingerprint density at radius 2 is 1.77 bits per heavy atom. The molecule has 0 radical (unpaired) electrons. The van der Waals surface area contributed by atoms with Crippen molar-refractivity contribution in [1.82, 2.24) is 5.48 Å². The summed E-state index contributed by atoms with van der Waals surface area (Å²) in [6.07, 6.45) is 1.22. The standard InChI is InChI=1S/C20H21NO5/c1-25-16-9-7-15(8-10-16)20(12-11-14(13-20)18(22)21-24)19(23)26-17-5-3-2-4-6-17/h2-10,14,24H,11-13H2,1H3,(H,21,22). The molecule has 0 heterocycles. The summed E-state index contributed by atoms with van der Waals surface area (Å²) in [5.41, 5.74) is 1.52. The largest absolute Gasteiger partial charge is 0.497 e. The summed E-state index contributed by atoms with van der Waals surface area (Å²) in [6.45, 7) is 0. The zero-order valence-electron chi connectivity index (χ0n) is 14.5. The monoisotopic (exact) mass is 355 g/mol. The Kier molecular flexibility index (Phi) is 5.23. The molecule has 1 aliphatic rings. The van der Waals surface area contributed by atoms with Crippen LogP contribution in [0, 0.1) is 5.92 Å². The lowest BCUT2D eigenvalue weighted by Gasteiger charge is -2.27.